The molecule has 0 radical (unpaired) electrons. The highest BCUT2D eigenvalue weighted by Crippen LogP contribution is 2.49. The van der Waals surface area contributed by atoms with E-state index >= 15 is 0 Å². The normalized spacial score (nSPS) is 25.0. The zero-order chi connectivity index (χ0) is 10.5. The summed E-state index contributed by atoms with van der Waals surface area (Å²) in [6.45, 7) is 0. The van der Waals surface area contributed by atoms with Crippen molar-refractivity contribution in [1.82, 2.24) is 0 Å². The van der Waals surface area contributed by atoms with Crippen LogP contribution in [0.4, 0.5) is 0 Å². The minimum absolute atomic E-state index is 1.03. The van der Waals surface area contributed by atoms with Crippen molar-refractivity contribution in [2.75, 3.05) is 0 Å². The molecule has 1 fully saturated rings. The molecule has 4 rings (SSSR count). The standard InChI is InChI=1S/C15H12O/c1-3-7-12-10(5-1)9-11-6-2-4-8-13(11)15-14(12)16-15/h1-6H,7-9H2. The van der Waals surface area contributed by atoms with Gasteiger partial charge in [0.25, 0.3) is 0 Å². The van der Waals surface area contributed by atoms with Crippen LogP contribution in [-0.4, -0.2) is 0 Å². The second kappa shape index (κ2) is 2.88. The SMILES string of the molecule is C1=CCC2=C3OC3=C3CC=CC=C3CC2=C1. The molecule has 0 saturated carbocycles. The highest BCUT2D eigenvalue weighted by Gasteiger charge is 2.38. The van der Waals surface area contributed by atoms with Crippen molar-refractivity contribution in [2.24, 2.45) is 0 Å². The number of fused-ring (bicyclic) bond motifs is 3. The summed E-state index contributed by atoms with van der Waals surface area (Å²) in [5.41, 5.74) is 5.67. The topological polar surface area (TPSA) is 12.5 Å². The van der Waals surface area contributed by atoms with E-state index in [-0.39, 0.29) is 0 Å². The van der Waals surface area contributed by atoms with Crippen LogP contribution in [0.15, 0.2) is 70.3 Å². The zero-order valence-corrected chi connectivity index (χ0v) is 8.99. The largest absolute Gasteiger partial charge is 0.449 e. The minimum atomic E-state index is 1.03. The molecule has 1 nitrogen and oxygen atoms in total. The third-order valence-electron chi connectivity index (χ3n) is 3.58. The quantitative estimate of drug-likeness (QED) is 0.553. The van der Waals surface area contributed by atoms with Gasteiger partial charge >= 0.3 is 0 Å². The molecule has 4 aliphatic rings. The fraction of sp³-hybridized carbons (Fsp3) is 0.200. The average Bonchev–Trinajstić information content (AvgIpc) is 3.09. The summed E-state index contributed by atoms with van der Waals surface area (Å²) >= 11 is 0. The van der Waals surface area contributed by atoms with Crippen molar-refractivity contribution in [2.45, 2.75) is 19.3 Å². The zero-order valence-electron chi connectivity index (χ0n) is 8.99. The van der Waals surface area contributed by atoms with Crippen LogP contribution in [0.1, 0.15) is 19.3 Å². The van der Waals surface area contributed by atoms with Crippen molar-refractivity contribution >= 4 is 0 Å². The van der Waals surface area contributed by atoms with Gasteiger partial charge in [0.1, 0.15) is 0 Å². The van der Waals surface area contributed by atoms with Gasteiger partial charge in [-0.25, -0.2) is 0 Å². The fourth-order valence-electron chi connectivity index (χ4n) is 2.69. The molecular weight excluding hydrogens is 196 g/mol. The summed E-state index contributed by atoms with van der Waals surface area (Å²) in [5, 5.41) is 0. The molecule has 0 aromatic heterocycles. The van der Waals surface area contributed by atoms with E-state index in [4.69, 9.17) is 4.74 Å². The lowest BCUT2D eigenvalue weighted by Crippen LogP contribution is -1.98. The molecule has 0 bridgehead atoms. The van der Waals surface area contributed by atoms with Crippen LogP contribution in [-0.2, 0) is 4.74 Å². The monoisotopic (exact) mass is 208 g/mol. The van der Waals surface area contributed by atoms with Gasteiger partial charge in [-0.05, 0) is 30.4 Å². The number of hydrogen-bond acceptors (Lipinski definition) is 1. The lowest BCUT2D eigenvalue weighted by Gasteiger charge is -2.15. The second-order valence-electron chi connectivity index (χ2n) is 4.54. The predicted octanol–water partition coefficient (Wildman–Crippen LogP) is 3.70. The maximum absolute atomic E-state index is 5.71. The molecule has 0 unspecified atom stereocenters. The Kier molecular flexibility index (Phi) is 1.51. The highest BCUT2D eigenvalue weighted by molar-refractivity contribution is 5.62. The predicted molar refractivity (Wildman–Crippen MR) is 63.4 cm³/mol. The molecule has 1 saturated heterocycles. The molecule has 16 heavy (non-hydrogen) atoms. The van der Waals surface area contributed by atoms with E-state index in [2.05, 4.69) is 36.5 Å². The maximum Gasteiger partial charge on any atom is 0.174 e. The first-order valence-electron chi connectivity index (χ1n) is 5.80. The molecule has 1 heterocycles. The van der Waals surface area contributed by atoms with Gasteiger partial charge in [-0.1, -0.05) is 36.5 Å². The van der Waals surface area contributed by atoms with E-state index in [0.29, 0.717) is 0 Å². The van der Waals surface area contributed by atoms with Gasteiger partial charge in [-0.15, -0.1) is 0 Å². The van der Waals surface area contributed by atoms with Crippen LogP contribution >= 0.6 is 0 Å². The smallest absolute Gasteiger partial charge is 0.174 e. The number of epoxide rings is 1. The first-order chi connectivity index (χ1) is 7.93. The molecular formula is C15H12O. The van der Waals surface area contributed by atoms with Crippen LogP contribution in [0.5, 0.6) is 0 Å². The van der Waals surface area contributed by atoms with E-state index in [0.717, 1.165) is 30.8 Å². The highest BCUT2D eigenvalue weighted by atomic mass is 16.6. The third-order valence-corrected chi connectivity index (χ3v) is 3.58. The van der Waals surface area contributed by atoms with E-state index in [1.54, 1.807) is 0 Å². The molecule has 0 amide bonds. The van der Waals surface area contributed by atoms with Gasteiger partial charge in [0.15, 0.2) is 11.5 Å². The van der Waals surface area contributed by atoms with Gasteiger partial charge in [-0.2, -0.15) is 0 Å². The molecule has 1 aliphatic heterocycles. The first kappa shape index (κ1) is 8.40. The van der Waals surface area contributed by atoms with Crippen LogP contribution < -0.4 is 0 Å². The van der Waals surface area contributed by atoms with Crippen molar-refractivity contribution < 1.29 is 4.74 Å². The van der Waals surface area contributed by atoms with Crippen molar-refractivity contribution in [3.63, 3.8) is 0 Å². The van der Waals surface area contributed by atoms with E-state index in [1.165, 1.54) is 22.3 Å². The minimum Gasteiger partial charge on any atom is -0.449 e. The van der Waals surface area contributed by atoms with Crippen molar-refractivity contribution in [3.05, 3.63) is 70.3 Å². The summed E-state index contributed by atoms with van der Waals surface area (Å²) in [6.07, 6.45) is 16.3. The molecule has 0 atom stereocenters. The number of rotatable bonds is 0. The third kappa shape index (κ3) is 1.06. The lowest BCUT2D eigenvalue weighted by molar-refractivity contribution is 0.543. The Morgan fingerprint density at radius 3 is 1.94 bits per heavy atom. The molecule has 1 heteroatoms. The first-order valence-corrected chi connectivity index (χ1v) is 5.80. The summed E-state index contributed by atoms with van der Waals surface area (Å²) in [5.74, 6) is 2.31. The number of ether oxygens (including phenoxy) is 1. The Hall–Kier alpha value is -1.76. The van der Waals surface area contributed by atoms with Crippen molar-refractivity contribution in [3.8, 4) is 0 Å². The maximum atomic E-state index is 5.71. The van der Waals surface area contributed by atoms with Gasteiger partial charge in [0, 0.05) is 11.1 Å². The Morgan fingerprint density at radius 2 is 1.38 bits per heavy atom. The summed E-state index contributed by atoms with van der Waals surface area (Å²) in [6, 6.07) is 0. The van der Waals surface area contributed by atoms with Crippen LogP contribution in [0.25, 0.3) is 0 Å². The Morgan fingerprint density at radius 1 is 0.812 bits per heavy atom. The van der Waals surface area contributed by atoms with Gasteiger partial charge in [0.05, 0.1) is 0 Å². The van der Waals surface area contributed by atoms with Crippen LogP contribution in [0, 0.1) is 0 Å². The summed E-state index contributed by atoms with van der Waals surface area (Å²) in [4.78, 5) is 0. The molecule has 0 N–H and O–H groups in total. The van der Waals surface area contributed by atoms with Crippen LogP contribution in [0.3, 0.4) is 0 Å². The number of allylic oxidation sites excluding steroid dienone is 10. The Labute approximate surface area is 94.8 Å². The van der Waals surface area contributed by atoms with Gasteiger partial charge < -0.3 is 4.74 Å². The fourth-order valence-corrected chi connectivity index (χ4v) is 2.69. The van der Waals surface area contributed by atoms with Gasteiger partial charge in [0.2, 0.25) is 0 Å². The molecule has 0 aromatic rings. The number of hydrogen-bond donors (Lipinski definition) is 0. The average molecular weight is 208 g/mol. The molecule has 3 aliphatic carbocycles. The lowest BCUT2D eigenvalue weighted by atomic mass is 9.90. The van der Waals surface area contributed by atoms with Crippen molar-refractivity contribution in [1.29, 1.82) is 0 Å². The Balaban J connectivity index is 1.92. The van der Waals surface area contributed by atoms with Gasteiger partial charge in [-0.3, -0.25) is 0 Å². The second-order valence-corrected chi connectivity index (χ2v) is 4.54. The summed E-state index contributed by atoms with van der Waals surface area (Å²) in [7, 11) is 0. The van der Waals surface area contributed by atoms with E-state index in [1.807, 2.05) is 0 Å². The molecule has 0 spiro atoms. The molecule has 0 aromatic carbocycles. The van der Waals surface area contributed by atoms with Crippen LogP contribution in [0.2, 0.25) is 0 Å². The molecule has 78 valence electrons. The van der Waals surface area contributed by atoms with E-state index in [9.17, 15) is 0 Å². The summed E-state index contributed by atoms with van der Waals surface area (Å²) < 4.78 is 5.71. The Bertz CT molecular complexity index is 512. The van der Waals surface area contributed by atoms with E-state index < -0.39 is 0 Å².